The van der Waals surface area contributed by atoms with Crippen LogP contribution in [0.3, 0.4) is 0 Å². The highest BCUT2D eigenvalue weighted by atomic mass is 32.1. The third-order valence-corrected chi connectivity index (χ3v) is 12.8. The zero-order valence-corrected chi connectivity index (χ0v) is 30.9. The van der Waals surface area contributed by atoms with Gasteiger partial charge in [0.05, 0.1) is 0 Å². The van der Waals surface area contributed by atoms with Gasteiger partial charge in [-0.2, -0.15) is 0 Å². The fraction of sp³-hybridized carbons (Fsp3) is 0.0196. The maximum absolute atomic E-state index is 3.94. The van der Waals surface area contributed by atoms with Gasteiger partial charge in [0.15, 0.2) is 0 Å². The highest BCUT2D eigenvalue weighted by Gasteiger charge is 2.21. The quantitative estimate of drug-likeness (QED) is 0.119. The second kappa shape index (κ2) is 12.9. The van der Waals surface area contributed by atoms with Crippen molar-refractivity contribution in [3.05, 3.63) is 187 Å². The summed E-state index contributed by atoms with van der Waals surface area (Å²) in [4.78, 5) is 1.30. The van der Waals surface area contributed by atoms with Gasteiger partial charge in [0.1, 0.15) is 0 Å². The lowest BCUT2D eigenvalue weighted by Crippen LogP contribution is -1.93. The lowest BCUT2D eigenvalue weighted by molar-refractivity contribution is 1.66. The number of benzene rings is 8. The van der Waals surface area contributed by atoms with Crippen LogP contribution in [0.1, 0.15) is 12.5 Å². The molecule has 2 heterocycles. The minimum Gasteiger partial charge on any atom is -0.144 e. The molecule has 10 aromatic rings. The van der Waals surface area contributed by atoms with Crippen molar-refractivity contribution in [2.75, 3.05) is 0 Å². The Kier molecular flexibility index (Phi) is 7.68. The molecule has 2 aromatic heterocycles. The molecule has 0 saturated carbocycles. The third-order valence-electron chi connectivity index (χ3n) is 10.7. The lowest BCUT2D eigenvalue weighted by Gasteiger charge is -2.18. The summed E-state index contributed by atoms with van der Waals surface area (Å²) in [6, 6.07) is 54.1. The van der Waals surface area contributed by atoms with Crippen molar-refractivity contribution < 1.29 is 0 Å². The van der Waals surface area contributed by atoms with E-state index in [9.17, 15) is 0 Å². The number of hydrogen-bond acceptors (Lipinski definition) is 2. The van der Waals surface area contributed by atoms with Gasteiger partial charge < -0.3 is 0 Å². The van der Waals surface area contributed by atoms with Crippen molar-refractivity contribution in [1.29, 1.82) is 0 Å². The molecule has 0 aliphatic carbocycles. The summed E-state index contributed by atoms with van der Waals surface area (Å²) in [7, 11) is 0. The van der Waals surface area contributed by atoms with Gasteiger partial charge in [0.2, 0.25) is 0 Å². The Bertz CT molecular complexity index is 3020. The zero-order chi connectivity index (χ0) is 35.5. The van der Waals surface area contributed by atoms with E-state index in [2.05, 4.69) is 177 Å². The van der Waals surface area contributed by atoms with Crippen molar-refractivity contribution in [2.45, 2.75) is 6.92 Å². The van der Waals surface area contributed by atoms with Crippen LogP contribution >= 0.6 is 22.7 Å². The lowest BCUT2D eigenvalue weighted by atomic mass is 9.85. The Hall–Kier alpha value is -6.06. The predicted molar refractivity (Wildman–Crippen MR) is 237 cm³/mol. The highest BCUT2D eigenvalue weighted by Crippen LogP contribution is 2.49. The van der Waals surface area contributed by atoms with Crippen molar-refractivity contribution in [3.8, 4) is 32.7 Å². The maximum Gasteiger partial charge on any atom is 0.0434 e. The summed E-state index contributed by atoms with van der Waals surface area (Å²) in [6.45, 7) is 6.06. The monoisotopic (exact) mass is 710 g/mol. The van der Waals surface area contributed by atoms with Gasteiger partial charge in [-0.1, -0.05) is 158 Å². The van der Waals surface area contributed by atoms with Crippen LogP contribution in [0.5, 0.6) is 0 Å². The summed E-state index contributed by atoms with van der Waals surface area (Å²) in [5.41, 5.74) is 8.90. The first-order chi connectivity index (χ1) is 26.2. The molecule has 250 valence electrons. The van der Waals surface area contributed by atoms with E-state index in [1.165, 1.54) is 107 Å². The zero-order valence-electron chi connectivity index (χ0n) is 29.3. The Morgan fingerprint density at radius 1 is 0.528 bits per heavy atom. The number of hydrogen-bond donors (Lipinski definition) is 0. The number of thiophene rings is 2. The van der Waals surface area contributed by atoms with Gasteiger partial charge in [-0.15, -0.1) is 22.7 Å². The molecule has 10 rings (SSSR count). The summed E-state index contributed by atoms with van der Waals surface area (Å²) >= 11 is 3.72. The van der Waals surface area contributed by atoms with Gasteiger partial charge in [-0.25, -0.2) is 0 Å². The summed E-state index contributed by atoms with van der Waals surface area (Å²) < 4.78 is 2.62. The van der Waals surface area contributed by atoms with Gasteiger partial charge in [-0.05, 0) is 101 Å². The van der Waals surface area contributed by atoms with E-state index in [1.54, 1.807) is 0 Å². The normalized spacial score (nSPS) is 12.4. The molecule has 0 saturated heterocycles. The first-order valence-electron chi connectivity index (χ1n) is 18.1. The standard InChI is InChI=1S/C51H34S2/c1-3-5-16-32(4-2)47-34-17-6-10-21-38(34)49(39-22-11-7-18-35(39)47)43-26-14-25-42-44-31-33(28-29-45(44)53-51(42)43)48-36-19-8-12-23-40(36)50(46-27-15-30-52-46)41-24-13-9-20-37(41)48/h3-31H,1H2,2H3/b16-5-,32-4+. The summed E-state index contributed by atoms with van der Waals surface area (Å²) in [6.07, 6.45) is 8.26. The van der Waals surface area contributed by atoms with E-state index in [1.807, 2.05) is 34.8 Å². The summed E-state index contributed by atoms with van der Waals surface area (Å²) in [5.74, 6) is 0. The molecule has 0 bridgehead atoms. The first kappa shape index (κ1) is 31.7. The van der Waals surface area contributed by atoms with Crippen LogP contribution in [0.4, 0.5) is 0 Å². The van der Waals surface area contributed by atoms with E-state index >= 15 is 0 Å². The minimum atomic E-state index is 1.19. The molecule has 0 amide bonds. The molecule has 0 aliphatic rings. The Morgan fingerprint density at radius 3 is 1.66 bits per heavy atom. The molecule has 0 radical (unpaired) electrons. The molecule has 0 aliphatic heterocycles. The van der Waals surface area contributed by atoms with Crippen LogP contribution in [0.15, 0.2) is 182 Å². The number of rotatable bonds is 6. The first-order valence-corrected chi connectivity index (χ1v) is 19.8. The molecule has 0 spiro atoms. The van der Waals surface area contributed by atoms with Crippen LogP contribution in [0.25, 0.3) is 102 Å². The van der Waals surface area contributed by atoms with E-state index < -0.39 is 0 Å². The Morgan fingerprint density at radius 2 is 1.09 bits per heavy atom. The highest BCUT2D eigenvalue weighted by molar-refractivity contribution is 7.26. The molecule has 53 heavy (non-hydrogen) atoms. The molecular weight excluding hydrogens is 677 g/mol. The van der Waals surface area contributed by atoms with Gasteiger partial charge in [-0.3, -0.25) is 0 Å². The second-order valence-electron chi connectivity index (χ2n) is 13.5. The fourth-order valence-corrected chi connectivity index (χ4v) is 10.5. The molecule has 0 unspecified atom stereocenters. The molecule has 0 N–H and O–H groups in total. The maximum atomic E-state index is 3.94. The molecule has 0 atom stereocenters. The predicted octanol–water partition coefficient (Wildman–Crippen LogP) is 15.9. The Balaban J connectivity index is 1.24. The Labute approximate surface area is 316 Å². The van der Waals surface area contributed by atoms with E-state index in [-0.39, 0.29) is 0 Å². The van der Waals surface area contributed by atoms with Crippen LogP contribution in [0.2, 0.25) is 0 Å². The van der Waals surface area contributed by atoms with Crippen LogP contribution in [-0.2, 0) is 0 Å². The van der Waals surface area contributed by atoms with Crippen molar-refractivity contribution in [2.24, 2.45) is 0 Å². The molecule has 8 aromatic carbocycles. The fourth-order valence-electron chi connectivity index (χ4n) is 8.50. The van der Waals surface area contributed by atoms with Crippen LogP contribution in [-0.4, -0.2) is 0 Å². The van der Waals surface area contributed by atoms with E-state index in [0.717, 1.165) is 0 Å². The topological polar surface area (TPSA) is 0 Å². The number of allylic oxidation sites excluding steroid dienone is 5. The average molecular weight is 711 g/mol. The van der Waals surface area contributed by atoms with Crippen molar-refractivity contribution in [3.63, 3.8) is 0 Å². The average Bonchev–Trinajstić information content (AvgIpc) is 3.88. The largest absolute Gasteiger partial charge is 0.144 e. The summed E-state index contributed by atoms with van der Waals surface area (Å²) in [5, 5.41) is 15.0. The smallest absolute Gasteiger partial charge is 0.0434 e. The van der Waals surface area contributed by atoms with Gasteiger partial charge >= 0.3 is 0 Å². The van der Waals surface area contributed by atoms with Gasteiger partial charge in [0.25, 0.3) is 0 Å². The minimum absolute atomic E-state index is 1.19. The van der Waals surface area contributed by atoms with Crippen LogP contribution in [0, 0.1) is 0 Å². The van der Waals surface area contributed by atoms with E-state index in [0.29, 0.717) is 0 Å². The third kappa shape index (κ3) is 4.94. The van der Waals surface area contributed by atoms with Crippen LogP contribution < -0.4 is 0 Å². The SMILES string of the molecule is C=C/C=C\C(=C/C)c1c2ccccc2c(-c2cccc3c2sc2ccc(-c4c5ccccc5c(-c5cccs5)c5ccccc45)cc23)c2ccccc12. The second-order valence-corrected chi connectivity index (χ2v) is 15.5. The molecular formula is C51H34S2. The molecule has 2 heteroatoms. The number of fused-ring (bicyclic) bond motifs is 7. The van der Waals surface area contributed by atoms with Gasteiger partial charge in [0, 0.05) is 36.2 Å². The molecule has 0 fully saturated rings. The van der Waals surface area contributed by atoms with Crippen molar-refractivity contribution >= 4 is 91.5 Å². The molecule has 0 nitrogen and oxygen atoms in total. The van der Waals surface area contributed by atoms with E-state index in [4.69, 9.17) is 0 Å². The van der Waals surface area contributed by atoms with Crippen molar-refractivity contribution in [1.82, 2.24) is 0 Å².